The maximum absolute atomic E-state index is 12.6. The first kappa shape index (κ1) is 42.0. The number of fused-ring (bicyclic) bond motifs is 2. The Kier molecular flexibility index (Phi) is 19.1. The highest BCUT2D eigenvalue weighted by molar-refractivity contribution is 5.82. The number of cyclic esters (lactones) is 1. The van der Waals surface area contributed by atoms with E-state index < -0.39 is 79.0 Å². The first-order valence-corrected chi connectivity index (χ1v) is 17.4. The van der Waals surface area contributed by atoms with Gasteiger partial charge in [-0.1, -0.05) is 88.8 Å². The van der Waals surface area contributed by atoms with Crippen LogP contribution in [0, 0.1) is 17.8 Å². The van der Waals surface area contributed by atoms with E-state index in [9.17, 15) is 45.6 Å². The summed E-state index contributed by atoms with van der Waals surface area (Å²) in [5.74, 6) is -1.09. The number of allylic oxidation sites excluding steroid dienone is 6. The van der Waals surface area contributed by atoms with Crippen molar-refractivity contribution in [1.82, 2.24) is 0 Å². The molecule has 11 heteroatoms. The SMILES string of the molecule is CC[C@H](C)[C@@H]1OC(=O)/C=C/C=C/C=C/C=C/[C@@H]2O[C@H](C[C@H]2O)[C@H](C)[C@H](O)C[C@H](O)C[C@H](O)C[C@@H](O)C[C@@H](O)C[C@@H](O)C[C@@H](O)/C=C/[C@H]1C. The summed E-state index contributed by atoms with van der Waals surface area (Å²) in [5, 5.41) is 84.0. The molecule has 48 heavy (non-hydrogen) atoms. The van der Waals surface area contributed by atoms with Gasteiger partial charge in [-0.25, -0.2) is 4.79 Å². The molecule has 2 heterocycles. The molecule has 0 saturated carbocycles. The summed E-state index contributed by atoms with van der Waals surface area (Å²) >= 11 is 0. The van der Waals surface area contributed by atoms with E-state index in [1.165, 1.54) is 12.2 Å². The van der Waals surface area contributed by atoms with Crippen LogP contribution < -0.4 is 0 Å². The summed E-state index contributed by atoms with van der Waals surface area (Å²) in [4.78, 5) is 12.6. The second kappa shape index (κ2) is 21.8. The van der Waals surface area contributed by atoms with Crippen molar-refractivity contribution in [2.24, 2.45) is 17.8 Å². The highest BCUT2D eigenvalue weighted by Gasteiger charge is 2.38. The second-order valence-electron chi connectivity index (χ2n) is 13.7. The normalized spacial score (nSPS) is 43.2. The maximum atomic E-state index is 12.6. The molecule has 0 aromatic heterocycles. The third-order valence-electron chi connectivity index (χ3n) is 9.28. The number of aliphatic hydroxyl groups is 8. The van der Waals surface area contributed by atoms with Gasteiger partial charge in [-0.2, -0.15) is 0 Å². The molecule has 11 nitrogen and oxygen atoms in total. The number of carbonyl (C=O) groups excluding carboxylic acids is 1. The van der Waals surface area contributed by atoms with Gasteiger partial charge in [0.1, 0.15) is 12.2 Å². The van der Waals surface area contributed by atoms with E-state index >= 15 is 0 Å². The molecule has 2 aliphatic heterocycles. The first-order chi connectivity index (χ1) is 22.7. The molecule has 0 aromatic rings. The molecule has 0 aromatic carbocycles. The van der Waals surface area contributed by atoms with Gasteiger partial charge < -0.3 is 50.3 Å². The van der Waals surface area contributed by atoms with Crippen LogP contribution in [0.15, 0.2) is 60.8 Å². The molecule has 1 fully saturated rings. The molecular formula is C37H60O11. The van der Waals surface area contributed by atoms with Gasteiger partial charge in [0.2, 0.25) is 0 Å². The summed E-state index contributed by atoms with van der Waals surface area (Å²) in [6.07, 6.45) is 7.53. The van der Waals surface area contributed by atoms with Crippen LogP contribution in [0.1, 0.15) is 79.1 Å². The van der Waals surface area contributed by atoms with Gasteiger partial charge in [0, 0.05) is 30.8 Å². The van der Waals surface area contributed by atoms with Crippen molar-refractivity contribution in [2.75, 3.05) is 0 Å². The van der Waals surface area contributed by atoms with Gasteiger partial charge in [-0.05, 0) is 38.0 Å². The van der Waals surface area contributed by atoms with Crippen LogP contribution in [0.5, 0.6) is 0 Å². The minimum absolute atomic E-state index is 0.0331. The Balaban J connectivity index is 2.16. The molecule has 2 rings (SSSR count). The van der Waals surface area contributed by atoms with E-state index in [-0.39, 0.29) is 50.4 Å². The molecule has 0 aliphatic carbocycles. The summed E-state index contributed by atoms with van der Waals surface area (Å²) in [6.45, 7) is 7.63. The zero-order valence-electron chi connectivity index (χ0n) is 28.8. The summed E-state index contributed by atoms with van der Waals surface area (Å²) in [6, 6.07) is 0. The Morgan fingerprint density at radius 2 is 1.19 bits per heavy atom. The molecule has 8 N–H and O–H groups in total. The molecule has 0 spiro atoms. The fourth-order valence-corrected chi connectivity index (χ4v) is 6.19. The van der Waals surface area contributed by atoms with E-state index in [0.29, 0.717) is 6.42 Å². The zero-order valence-corrected chi connectivity index (χ0v) is 28.8. The van der Waals surface area contributed by atoms with Gasteiger partial charge in [-0.3, -0.25) is 0 Å². The van der Waals surface area contributed by atoms with Crippen molar-refractivity contribution >= 4 is 5.97 Å². The maximum Gasteiger partial charge on any atom is 0.331 e. The van der Waals surface area contributed by atoms with E-state index in [1.54, 1.807) is 55.5 Å². The Labute approximate surface area is 285 Å². The number of esters is 1. The fourth-order valence-electron chi connectivity index (χ4n) is 6.19. The van der Waals surface area contributed by atoms with Crippen LogP contribution in [-0.2, 0) is 14.3 Å². The summed E-state index contributed by atoms with van der Waals surface area (Å²) < 4.78 is 11.7. The Hall–Kier alpha value is -2.19. The number of carbonyl (C=O) groups is 1. The Morgan fingerprint density at radius 3 is 1.77 bits per heavy atom. The molecule has 0 amide bonds. The van der Waals surface area contributed by atoms with E-state index in [2.05, 4.69) is 0 Å². The van der Waals surface area contributed by atoms with Crippen molar-refractivity contribution in [1.29, 1.82) is 0 Å². The van der Waals surface area contributed by atoms with Gasteiger partial charge in [-0.15, -0.1) is 0 Å². The lowest BCUT2D eigenvalue weighted by Crippen LogP contribution is -2.34. The predicted octanol–water partition coefficient (Wildman–Crippen LogP) is 2.40. The third-order valence-corrected chi connectivity index (χ3v) is 9.28. The first-order valence-electron chi connectivity index (χ1n) is 17.4. The standard InChI is InChI=1S/C37H60O11/c1-5-23(2)37-24(3)14-15-26(38)16-27(39)17-28(40)18-29(41)19-30(42)20-31(43)21-32(44)25(4)35-22-33(45)34(47-35)12-10-8-6-7-9-11-13-36(46)48-37/h6-15,23-35,37-45H,5,16-22H2,1-4H3/b8-6+,9-7+,12-10+,13-11+,15-14+/t23-,24+,25+,26-,27-,28-,29-,30+,31+,32+,33+,34-,35+,37-/m0/s1. The van der Waals surface area contributed by atoms with Crippen LogP contribution in [0.4, 0.5) is 0 Å². The van der Waals surface area contributed by atoms with Crippen LogP contribution >= 0.6 is 0 Å². The topological polar surface area (TPSA) is 197 Å². The zero-order chi connectivity index (χ0) is 35.8. The lowest BCUT2D eigenvalue weighted by atomic mass is 9.90. The molecule has 1 saturated heterocycles. The average molecular weight is 681 g/mol. The second-order valence-corrected chi connectivity index (χ2v) is 13.7. The lowest BCUT2D eigenvalue weighted by Gasteiger charge is -2.27. The van der Waals surface area contributed by atoms with E-state index in [4.69, 9.17) is 9.47 Å². The monoisotopic (exact) mass is 680 g/mol. The van der Waals surface area contributed by atoms with Crippen LogP contribution in [0.3, 0.4) is 0 Å². The molecule has 0 unspecified atom stereocenters. The van der Waals surface area contributed by atoms with Crippen molar-refractivity contribution in [3.63, 3.8) is 0 Å². The highest BCUT2D eigenvalue weighted by Crippen LogP contribution is 2.30. The van der Waals surface area contributed by atoms with Crippen LogP contribution in [0.25, 0.3) is 0 Å². The summed E-state index contributed by atoms with van der Waals surface area (Å²) in [5.41, 5.74) is 0. The largest absolute Gasteiger partial charge is 0.458 e. The van der Waals surface area contributed by atoms with Gasteiger partial charge in [0.05, 0.1) is 54.9 Å². The molecule has 274 valence electrons. The van der Waals surface area contributed by atoms with Gasteiger partial charge in [0.25, 0.3) is 0 Å². The molecule has 2 aliphatic rings. The number of hydrogen-bond acceptors (Lipinski definition) is 11. The van der Waals surface area contributed by atoms with Crippen molar-refractivity contribution in [3.05, 3.63) is 60.8 Å². The van der Waals surface area contributed by atoms with Crippen molar-refractivity contribution < 1.29 is 55.1 Å². The van der Waals surface area contributed by atoms with Crippen LogP contribution in [-0.4, -0.2) is 114 Å². The van der Waals surface area contributed by atoms with E-state index in [1.807, 2.05) is 20.8 Å². The minimum atomic E-state index is -1.10. The van der Waals surface area contributed by atoms with Crippen molar-refractivity contribution in [3.8, 4) is 0 Å². The lowest BCUT2D eigenvalue weighted by molar-refractivity contribution is -0.147. The number of rotatable bonds is 2. The van der Waals surface area contributed by atoms with Crippen LogP contribution in [0.2, 0.25) is 0 Å². The highest BCUT2D eigenvalue weighted by atomic mass is 16.5. The fraction of sp³-hybridized carbons (Fsp3) is 0.703. The molecule has 2 bridgehead atoms. The molecule has 14 atom stereocenters. The van der Waals surface area contributed by atoms with Gasteiger partial charge >= 0.3 is 5.97 Å². The number of ether oxygens (including phenoxy) is 2. The van der Waals surface area contributed by atoms with E-state index in [0.717, 1.165) is 6.42 Å². The molecular weight excluding hydrogens is 620 g/mol. The summed E-state index contributed by atoms with van der Waals surface area (Å²) in [7, 11) is 0. The smallest absolute Gasteiger partial charge is 0.331 e. The van der Waals surface area contributed by atoms with Gasteiger partial charge in [0.15, 0.2) is 0 Å². The quantitative estimate of drug-likeness (QED) is 0.158. The number of aliphatic hydroxyl groups excluding tert-OH is 8. The Morgan fingerprint density at radius 1 is 0.667 bits per heavy atom. The average Bonchev–Trinajstić information content (AvgIpc) is 3.37. The van der Waals surface area contributed by atoms with Crippen molar-refractivity contribution in [2.45, 2.75) is 146 Å². The third kappa shape index (κ3) is 15.6. The number of hydrogen-bond donors (Lipinski definition) is 8. The minimum Gasteiger partial charge on any atom is -0.458 e. The Bertz CT molecular complexity index is 1070. The predicted molar refractivity (Wildman–Crippen MR) is 182 cm³/mol. The molecule has 0 radical (unpaired) electrons.